The van der Waals surface area contributed by atoms with Crippen LogP contribution in [0.25, 0.3) is 5.69 Å². The Hall–Kier alpha value is -2.73. The molecule has 3 aromatic rings. The average Bonchev–Trinajstić information content (AvgIpc) is 3.35. The maximum absolute atomic E-state index is 6.00. The molecule has 6 nitrogen and oxygen atoms in total. The first-order valence-corrected chi connectivity index (χ1v) is 9.07. The molecule has 4 rings (SSSR count). The van der Waals surface area contributed by atoms with Gasteiger partial charge in [0.25, 0.3) is 0 Å². The highest BCUT2D eigenvalue weighted by Gasteiger charge is 2.22. The van der Waals surface area contributed by atoms with Gasteiger partial charge >= 0.3 is 0 Å². The van der Waals surface area contributed by atoms with Crippen LogP contribution in [0.1, 0.15) is 36.9 Å². The van der Waals surface area contributed by atoms with Gasteiger partial charge in [-0.15, -0.1) is 5.10 Å². The van der Waals surface area contributed by atoms with Crippen LogP contribution in [0, 0.1) is 5.92 Å². The fourth-order valence-corrected chi connectivity index (χ4v) is 2.88. The van der Waals surface area contributed by atoms with E-state index in [0.717, 1.165) is 30.5 Å². The summed E-state index contributed by atoms with van der Waals surface area (Å²) in [5.41, 5.74) is 3.33. The second-order valence-electron chi connectivity index (χ2n) is 6.81. The normalized spacial score (nSPS) is 15.0. The topological polar surface area (TPSA) is 64.9 Å². The Labute approximate surface area is 153 Å². The van der Waals surface area contributed by atoms with E-state index in [1.807, 2.05) is 18.2 Å². The molecule has 0 aliphatic heterocycles. The van der Waals surface area contributed by atoms with Gasteiger partial charge in [-0.05, 0) is 59.9 Å². The largest absolute Gasteiger partial charge is 0.493 e. The molecule has 1 N–H and O–H groups in total. The quantitative estimate of drug-likeness (QED) is 0.676. The highest BCUT2D eigenvalue weighted by molar-refractivity contribution is 5.36. The molecule has 134 valence electrons. The molecule has 0 unspecified atom stereocenters. The number of para-hydroxylation sites is 1. The first-order chi connectivity index (χ1) is 12.8. The fourth-order valence-electron chi connectivity index (χ4n) is 2.88. The Morgan fingerprint density at radius 2 is 2.08 bits per heavy atom. The SMILES string of the molecule is C[C@@H](NCc1ccccc1OCC1CC1)c1cccc(-n2cnnn2)c1. The Bertz CT molecular complexity index is 845. The van der Waals surface area contributed by atoms with Crippen molar-refractivity contribution in [1.29, 1.82) is 0 Å². The number of hydrogen-bond donors (Lipinski definition) is 1. The van der Waals surface area contributed by atoms with Crippen LogP contribution in [0.3, 0.4) is 0 Å². The van der Waals surface area contributed by atoms with Crippen LogP contribution in [0.15, 0.2) is 54.9 Å². The van der Waals surface area contributed by atoms with Crippen molar-refractivity contribution in [3.63, 3.8) is 0 Å². The molecule has 6 heteroatoms. The van der Waals surface area contributed by atoms with Crippen LogP contribution in [-0.2, 0) is 6.54 Å². The zero-order valence-electron chi connectivity index (χ0n) is 14.9. The van der Waals surface area contributed by atoms with E-state index in [0.29, 0.717) is 0 Å². The zero-order chi connectivity index (χ0) is 17.8. The van der Waals surface area contributed by atoms with Gasteiger partial charge in [-0.2, -0.15) is 0 Å². The lowest BCUT2D eigenvalue weighted by Gasteiger charge is -2.17. The standard InChI is InChI=1S/C20H23N5O/c1-15(17-6-4-7-19(11-17)25-14-22-23-24-25)21-12-18-5-2-3-8-20(18)26-13-16-9-10-16/h2-8,11,14-16,21H,9-10,12-13H2,1H3/t15-/m1/s1. The van der Waals surface area contributed by atoms with E-state index in [9.17, 15) is 0 Å². The molecule has 1 aliphatic carbocycles. The lowest BCUT2D eigenvalue weighted by atomic mass is 10.1. The minimum atomic E-state index is 0.197. The summed E-state index contributed by atoms with van der Waals surface area (Å²) in [5.74, 6) is 1.74. The molecule has 1 saturated carbocycles. The molecule has 26 heavy (non-hydrogen) atoms. The van der Waals surface area contributed by atoms with Crippen molar-refractivity contribution >= 4 is 0 Å². The van der Waals surface area contributed by atoms with Crippen molar-refractivity contribution in [1.82, 2.24) is 25.5 Å². The van der Waals surface area contributed by atoms with Gasteiger partial charge in [-0.1, -0.05) is 30.3 Å². The Morgan fingerprint density at radius 1 is 1.19 bits per heavy atom. The second kappa shape index (κ2) is 7.66. The summed E-state index contributed by atoms with van der Waals surface area (Å²) in [6.07, 6.45) is 4.20. The molecule has 2 aromatic carbocycles. The van der Waals surface area contributed by atoms with E-state index >= 15 is 0 Å². The molecule has 1 heterocycles. The average molecular weight is 349 g/mol. The summed E-state index contributed by atoms with van der Waals surface area (Å²) in [4.78, 5) is 0. The highest BCUT2D eigenvalue weighted by Crippen LogP contribution is 2.30. The van der Waals surface area contributed by atoms with Gasteiger partial charge in [0.2, 0.25) is 0 Å². The van der Waals surface area contributed by atoms with Crippen molar-refractivity contribution in [3.8, 4) is 11.4 Å². The van der Waals surface area contributed by atoms with Crippen molar-refractivity contribution in [2.45, 2.75) is 32.4 Å². The molecule has 1 fully saturated rings. The summed E-state index contributed by atoms with van der Waals surface area (Å²) in [7, 11) is 0. The third kappa shape index (κ3) is 4.08. The minimum absolute atomic E-state index is 0.197. The molecule has 0 amide bonds. The minimum Gasteiger partial charge on any atom is -0.493 e. The Balaban J connectivity index is 1.41. The second-order valence-corrected chi connectivity index (χ2v) is 6.81. The van der Waals surface area contributed by atoms with Crippen molar-refractivity contribution in [2.75, 3.05) is 6.61 Å². The molecular weight excluding hydrogens is 326 g/mol. The van der Waals surface area contributed by atoms with Gasteiger partial charge < -0.3 is 10.1 Å². The number of rotatable bonds is 8. The van der Waals surface area contributed by atoms with Gasteiger partial charge in [-0.25, -0.2) is 4.68 Å². The lowest BCUT2D eigenvalue weighted by Crippen LogP contribution is -2.19. The number of ether oxygens (including phenoxy) is 1. The number of nitrogens with zero attached hydrogens (tertiary/aromatic N) is 4. The summed E-state index contributed by atoms with van der Waals surface area (Å²) in [6.45, 7) is 3.75. The number of tetrazole rings is 1. The monoisotopic (exact) mass is 349 g/mol. The smallest absolute Gasteiger partial charge is 0.143 e. The first-order valence-electron chi connectivity index (χ1n) is 9.07. The van der Waals surface area contributed by atoms with Crippen molar-refractivity contribution in [3.05, 3.63) is 66.0 Å². The van der Waals surface area contributed by atoms with Gasteiger partial charge in [0.15, 0.2) is 0 Å². The summed E-state index contributed by atoms with van der Waals surface area (Å²) in [6, 6.07) is 16.7. The summed E-state index contributed by atoms with van der Waals surface area (Å²) in [5, 5.41) is 14.9. The van der Waals surface area contributed by atoms with Gasteiger partial charge in [-0.3, -0.25) is 0 Å². The number of nitrogens with one attached hydrogen (secondary N) is 1. The van der Waals surface area contributed by atoms with Crippen LogP contribution in [0.5, 0.6) is 5.75 Å². The van der Waals surface area contributed by atoms with E-state index in [1.54, 1.807) is 11.0 Å². The predicted molar refractivity (Wildman–Crippen MR) is 99.1 cm³/mol. The van der Waals surface area contributed by atoms with Crippen LogP contribution in [0.2, 0.25) is 0 Å². The molecule has 1 aromatic heterocycles. The first kappa shape index (κ1) is 16.7. The number of aromatic nitrogens is 4. The molecule has 0 spiro atoms. The maximum Gasteiger partial charge on any atom is 0.143 e. The Kier molecular flexibility index (Phi) is 4.93. The summed E-state index contributed by atoms with van der Waals surface area (Å²) >= 11 is 0. The van der Waals surface area contributed by atoms with E-state index < -0.39 is 0 Å². The maximum atomic E-state index is 6.00. The molecule has 0 saturated heterocycles. The zero-order valence-corrected chi connectivity index (χ0v) is 14.9. The van der Waals surface area contributed by atoms with Crippen molar-refractivity contribution in [2.24, 2.45) is 5.92 Å². The van der Waals surface area contributed by atoms with Crippen LogP contribution in [0.4, 0.5) is 0 Å². The number of benzene rings is 2. The third-order valence-corrected chi connectivity index (χ3v) is 4.73. The van der Waals surface area contributed by atoms with Gasteiger partial charge in [0.1, 0.15) is 12.1 Å². The Morgan fingerprint density at radius 3 is 2.88 bits per heavy atom. The van der Waals surface area contributed by atoms with Crippen LogP contribution >= 0.6 is 0 Å². The molecule has 1 atom stereocenters. The predicted octanol–water partition coefficient (Wildman–Crippen LogP) is 3.30. The van der Waals surface area contributed by atoms with E-state index in [4.69, 9.17) is 4.74 Å². The molecule has 1 aliphatic rings. The third-order valence-electron chi connectivity index (χ3n) is 4.73. The lowest BCUT2D eigenvalue weighted by molar-refractivity contribution is 0.295. The van der Waals surface area contributed by atoms with Crippen molar-refractivity contribution < 1.29 is 4.74 Å². The highest BCUT2D eigenvalue weighted by atomic mass is 16.5. The molecule has 0 bridgehead atoms. The van der Waals surface area contributed by atoms with E-state index in [2.05, 4.69) is 58.1 Å². The fraction of sp³-hybridized carbons (Fsp3) is 0.350. The molecular formula is C20H23N5O. The number of hydrogen-bond acceptors (Lipinski definition) is 5. The van der Waals surface area contributed by atoms with Gasteiger partial charge in [0.05, 0.1) is 12.3 Å². The summed E-state index contributed by atoms with van der Waals surface area (Å²) < 4.78 is 7.67. The molecule has 0 radical (unpaired) electrons. The van der Waals surface area contributed by atoms with E-state index in [-0.39, 0.29) is 6.04 Å². The van der Waals surface area contributed by atoms with Crippen LogP contribution in [-0.4, -0.2) is 26.8 Å². The van der Waals surface area contributed by atoms with E-state index in [1.165, 1.54) is 24.0 Å². The van der Waals surface area contributed by atoms with Crippen LogP contribution < -0.4 is 10.1 Å². The van der Waals surface area contributed by atoms with Gasteiger partial charge in [0, 0.05) is 18.2 Å².